The molecule has 3 N–H and O–H groups in total. The Balaban J connectivity index is 1.48. The molecule has 4 rings (SSSR count). The summed E-state index contributed by atoms with van der Waals surface area (Å²) in [7, 11) is 0. The highest BCUT2D eigenvalue weighted by Crippen LogP contribution is 2.36. The number of aromatic nitrogens is 1. The second kappa shape index (κ2) is 7.21. The highest BCUT2D eigenvalue weighted by Gasteiger charge is 2.23. The van der Waals surface area contributed by atoms with Crippen molar-refractivity contribution in [2.45, 2.75) is 37.8 Å². The van der Waals surface area contributed by atoms with Crippen molar-refractivity contribution in [1.29, 1.82) is 0 Å². The number of nitrogens with two attached hydrogens (primary N) is 1. The first-order valence-electron chi connectivity index (χ1n) is 8.78. The molecule has 2 aromatic rings. The molecule has 0 spiro atoms. The highest BCUT2D eigenvalue weighted by molar-refractivity contribution is 5.96. The van der Waals surface area contributed by atoms with Crippen LogP contribution in [0.1, 0.15) is 36.0 Å². The molecule has 0 saturated heterocycles. The van der Waals surface area contributed by atoms with Gasteiger partial charge in [0, 0.05) is 24.3 Å². The fourth-order valence-electron chi connectivity index (χ4n) is 3.22. The maximum Gasteiger partial charge on any atom is 0.257 e. The first kappa shape index (κ1) is 16.7. The molecule has 2 heterocycles. The van der Waals surface area contributed by atoms with Gasteiger partial charge in [-0.25, -0.2) is 4.98 Å². The summed E-state index contributed by atoms with van der Waals surface area (Å²) in [5.41, 5.74) is 6.33. The van der Waals surface area contributed by atoms with Crippen LogP contribution in [0.2, 0.25) is 0 Å². The number of hydrogen-bond donors (Lipinski definition) is 2. The summed E-state index contributed by atoms with van der Waals surface area (Å²) >= 11 is 0. The van der Waals surface area contributed by atoms with Crippen LogP contribution in [0.4, 0.5) is 0 Å². The molecular formula is C19H21N3O4. The van der Waals surface area contributed by atoms with Crippen molar-refractivity contribution in [3.05, 3.63) is 42.1 Å². The number of carbonyl (C=O) groups is 1. The number of hydrogen-bond acceptors (Lipinski definition) is 6. The number of rotatable bonds is 4. The fraction of sp³-hybridized carbons (Fsp3) is 0.368. The quantitative estimate of drug-likeness (QED) is 0.875. The summed E-state index contributed by atoms with van der Waals surface area (Å²) in [4.78, 5) is 16.9. The van der Waals surface area contributed by atoms with E-state index in [1.165, 1.54) is 0 Å². The SMILES string of the molecule is NC1CCC(NC(=O)c2cccnc2Oc2ccc3c(c2)OCO3)CC1. The molecule has 1 aromatic heterocycles. The van der Waals surface area contributed by atoms with E-state index in [2.05, 4.69) is 10.3 Å². The minimum atomic E-state index is -0.186. The van der Waals surface area contributed by atoms with Crippen molar-refractivity contribution < 1.29 is 19.0 Å². The monoisotopic (exact) mass is 355 g/mol. The Morgan fingerprint density at radius 1 is 1.15 bits per heavy atom. The number of amides is 1. The van der Waals surface area contributed by atoms with E-state index in [1.54, 1.807) is 36.5 Å². The zero-order valence-corrected chi connectivity index (χ0v) is 14.3. The Labute approximate surface area is 151 Å². The van der Waals surface area contributed by atoms with Gasteiger partial charge in [-0.15, -0.1) is 0 Å². The minimum Gasteiger partial charge on any atom is -0.454 e. The number of fused-ring (bicyclic) bond motifs is 1. The molecular weight excluding hydrogens is 334 g/mol. The first-order chi connectivity index (χ1) is 12.7. The second-order valence-electron chi connectivity index (χ2n) is 6.56. The number of ether oxygens (including phenoxy) is 3. The van der Waals surface area contributed by atoms with Crippen LogP contribution in [0, 0.1) is 0 Å². The van der Waals surface area contributed by atoms with E-state index in [0.29, 0.717) is 22.8 Å². The van der Waals surface area contributed by atoms with Crippen LogP contribution >= 0.6 is 0 Å². The molecule has 0 unspecified atom stereocenters. The largest absolute Gasteiger partial charge is 0.454 e. The maximum atomic E-state index is 12.7. The molecule has 26 heavy (non-hydrogen) atoms. The Morgan fingerprint density at radius 2 is 1.96 bits per heavy atom. The number of pyridine rings is 1. The summed E-state index contributed by atoms with van der Waals surface area (Å²) in [5.74, 6) is 1.89. The topological polar surface area (TPSA) is 95.7 Å². The van der Waals surface area contributed by atoms with Crippen LogP contribution in [0.5, 0.6) is 23.1 Å². The predicted molar refractivity (Wildman–Crippen MR) is 94.6 cm³/mol. The Hall–Kier alpha value is -2.80. The van der Waals surface area contributed by atoms with Gasteiger partial charge < -0.3 is 25.3 Å². The van der Waals surface area contributed by atoms with E-state index >= 15 is 0 Å². The van der Waals surface area contributed by atoms with Crippen LogP contribution in [0.25, 0.3) is 0 Å². The molecule has 1 amide bonds. The minimum absolute atomic E-state index is 0.140. The average Bonchev–Trinajstić information content (AvgIpc) is 3.12. The Morgan fingerprint density at radius 3 is 2.81 bits per heavy atom. The molecule has 1 fully saturated rings. The van der Waals surface area contributed by atoms with E-state index in [4.69, 9.17) is 19.9 Å². The van der Waals surface area contributed by atoms with Crippen molar-refractivity contribution in [2.75, 3.05) is 6.79 Å². The highest BCUT2D eigenvalue weighted by atomic mass is 16.7. The van der Waals surface area contributed by atoms with E-state index in [1.807, 2.05) is 0 Å². The van der Waals surface area contributed by atoms with E-state index < -0.39 is 0 Å². The average molecular weight is 355 g/mol. The zero-order chi connectivity index (χ0) is 17.9. The van der Waals surface area contributed by atoms with Gasteiger partial charge in [0.15, 0.2) is 11.5 Å². The molecule has 1 aliphatic heterocycles. The normalized spacial score (nSPS) is 21.3. The third kappa shape index (κ3) is 3.57. The van der Waals surface area contributed by atoms with E-state index in [-0.39, 0.29) is 30.7 Å². The van der Waals surface area contributed by atoms with Crippen LogP contribution in [0.3, 0.4) is 0 Å². The molecule has 136 valence electrons. The molecule has 1 aliphatic carbocycles. The smallest absolute Gasteiger partial charge is 0.257 e. The van der Waals surface area contributed by atoms with Gasteiger partial charge in [-0.3, -0.25) is 4.79 Å². The van der Waals surface area contributed by atoms with Crippen molar-refractivity contribution in [1.82, 2.24) is 10.3 Å². The summed E-state index contributed by atoms with van der Waals surface area (Å²) in [6, 6.07) is 9.06. The van der Waals surface area contributed by atoms with Gasteiger partial charge in [0.1, 0.15) is 11.3 Å². The van der Waals surface area contributed by atoms with Gasteiger partial charge in [0.2, 0.25) is 12.7 Å². The second-order valence-corrected chi connectivity index (χ2v) is 6.56. The summed E-state index contributed by atoms with van der Waals surface area (Å²) in [6.45, 7) is 0.196. The lowest BCUT2D eigenvalue weighted by molar-refractivity contribution is 0.0923. The lowest BCUT2D eigenvalue weighted by atomic mass is 9.91. The molecule has 7 nitrogen and oxygen atoms in total. The van der Waals surface area contributed by atoms with Gasteiger partial charge in [0.25, 0.3) is 5.91 Å². The Bertz CT molecular complexity index is 803. The van der Waals surface area contributed by atoms with Crippen LogP contribution in [-0.4, -0.2) is 29.8 Å². The fourth-order valence-corrected chi connectivity index (χ4v) is 3.22. The summed E-state index contributed by atoms with van der Waals surface area (Å²) in [5, 5.41) is 3.06. The number of nitrogens with one attached hydrogen (secondary N) is 1. The van der Waals surface area contributed by atoms with Crippen LogP contribution in [0.15, 0.2) is 36.5 Å². The van der Waals surface area contributed by atoms with Gasteiger partial charge >= 0.3 is 0 Å². The molecule has 1 aromatic carbocycles. The van der Waals surface area contributed by atoms with Crippen molar-refractivity contribution in [2.24, 2.45) is 5.73 Å². The first-order valence-corrected chi connectivity index (χ1v) is 8.78. The summed E-state index contributed by atoms with van der Waals surface area (Å²) < 4.78 is 16.5. The van der Waals surface area contributed by atoms with Gasteiger partial charge in [0.05, 0.1) is 0 Å². The number of benzene rings is 1. The molecule has 1 saturated carbocycles. The zero-order valence-electron chi connectivity index (χ0n) is 14.3. The van der Waals surface area contributed by atoms with Crippen molar-refractivity contribution in [3.8, 4) is 23.1 Å². The Kier molecular flexibility index (Phi) is 4.62. The van der Waals surface area contributed by atoms with Crippen molar-refractivity contribution in [3.63, 3.8) is 0 Å². The maximum absolute atomic E-state index is 12.7. The molecule has 0 bridgehead atoms. The van der Waals surface area contributed by atoms with Gasteiger partial charge in [-0.2, -0.15) is 0 Å². The predicted octanol–water partition coefficient (Wildman–Crippen LogP) is 2.60. The molecule has 2 aliphatic rings. The van der Waals surface area contributed by atoms with Gasteiger partial charge in [-0.1, -0.05) is 0 Å². The molecule has 0 radical (unpaired) electrons. The summed E-state index contributed by atoms with van der Waals surface area (Å²) in [6.07, 6.45) is 5.24. The molecule has 7 heteroatoms. The number of nitrogens with zero attached hydrogens (tertiary/aromatic N) is 1. The standard InChI is InChI=1S/C19H21N3O4/c20-12-3-5-13(6-4-12)22-18(23)15-2-1-9-21-19(15)26-14-7-8-16-17(10-14)25-11-24-16/h1-2,7-10,12-13H,3-6,11,20H2,(H,22,23). The third-order valence-corrected chi connectivity index (χ3v) is 4.68. The van der Waals surface area contributed by atoms with E-state index in [0.717, 1.165) is 25.7 Å². The molecule has 0 atom stereocenters. The van der Waals surface area contributed by atoms with E-state index in [9.17, 15) is 4.79 Å². The van der Waals surface area contributed by atoms with Crippen LogP contribution < -0.4 is 25.3 Å². The van der Waals surface area contributed by atoms with Gasteiger partial charge in [-0.05, 0) is 49.9 Å². The lowest BCUT2D eigenvalue weighted by Gasteiger charge is -2.26. The lowest BCUT2D eigenvalue weighted by Crippen LogP contribution is -2.40. The van der Waals surface area contributed by atoms with Crippen molar-refractivity contribution >= 4 is 5.91 Å². The van der Waals surface area contributed by atoms with Crippen LogP contribution in [-0.2, 0) is 0 Å². The third-order valence-electron chi connectivity index (χ3n) is 4.68. The number of carbonyl (C=O) groups excluding carboxylic acids is 1.